The van der Waals surface area contributed by atoms with E-state index >= 15 is 0 Å². The second kappa shape index (κ2) is 10.1. The summed E-state index contributed by atoms with van der Waals surface area (Å²) in [5, 5.41) is 0. The number of ether oxygens (including phenoxy) is 3. The van der Waals surface area contributed by atoms with Gasteiger partial charge in [-0.3, -0.25) is 9.59 Å². The Bertz CT molecular complexity index is 790. The fourth-order valence-corrected chi connectivity index (χ4v) is 9.85. The van der Waals surface area contributed by atoms with Crippen molar-refractivity contribution >= 4 is 11.8 Å². The van der Waals surface area contributed by atoms with Gasteiger partial charge in [0.1, 0.15) is 5.78 Å². The quantitative estimate of drug-likeness (QED) is 0.323. The van der Waals surface area contributed by atoms with Crippen LogP contribution >= 0.6 is 0 Å². The normalized spacial score (nSPS) is 46.3. The smallest absolute Gasteiger partial charge is 0.305 e. The summed E-state index contributed by atoms with van der Waals surface area (Å²) in [6, 6.07) is 0. The lowest BCUT2D eigenvalue weighted by Gasteiger charge is -2.62. The third-order valence-corrected chi connectivity index (χ3v) is 11.7. The molecule has 0 aromatic rings. The van der Waals surface area contributed by atoms with Crippen molar-refractivity contribution in [2.75, 3.05) is 13.7 Å². The first-order valence-corrected chi connectivity index (χ1v) is 14.6. The highest BCUT2D eigenvalue weighted by molar-refractivity contribution is 5.79. The number of esters is 1. The molecule has 0 bridgehead atoms. The van der Waals surface area contributed by atoms with E-state index in [1.807, 2.05) is 0 Å². The molecule has 1 aliphatic heterocycles. The van der Waals surface area contributed by atoms with Crippen LogP contribution in [-0.4, -0.2) is 37.9 Å². The second-order valence-electron chi connectivity index (χ2n) is 13.3. The summed E-state index contributed by atoms with van der Waals surface area (Å²) in [5.41, 5.74) is 0.544. The molecule has 1 heterocycles. The molecule has 5 aliphatic rings. The summed E-state index contributed by atoms with van der Waals surface area (Å²) in [6.07, 6.45) is 13.6. The zero-order chi connectivity index (χ0) is 24.8. The number of fused-ring (bicyclic) bond motifs is 5. The SMILES string of the molecule is COC(=O)CC[C@@H](C)[C@H]1CC[C@H]2[C@@H]3C[C@H](O[C@@H]4CCCCO4)[C@@H]4CC(=O)CC[C@]4(C)[C@H]3CC[C@]12C. The number of carbonyl (C=O) groups excluding carboxylic acids is 2. The van der Waals surface area contributed by atoms with Gasteiger partial charge in [0, 0.05) is 25.9 Å². The minimum absolute atomic E-state index is 0.0803. The van der Waals surface area contributed by atoms with E-state index in [0.717, 1.165) is 51.0 Å². The zero-order valence-corrected chi connectivity index (χ0v) is 22.6. The molecule has 0 radical (unpaired) electrons. The van der Waals surface area contributed by atoms with E-state index in [9.17, 15) is 9.59 Å². The highest BCUT2D eigenvalue weighted by atomic mass is 16.7. The van der Waals surface area contributed by atoms with Crippen molar-refractivity contribution in [3.8, 4) is 0 Å². The maximum atomic E-state index is 12.6. The molecule has 1 saturated heterocycles. The highest BCUT2D eigenvalue weighted by Crippen LogP contribution is 2.68. The minimum atomic E-state index is -0.0868. The molecule has 35 heavy (non-hydrogen) atoms. The average molecular weight is 489 g/mol. The Hall–Kier alpha value is -0.940. The predicted molar refractivity (Wildman–Crippen MR) is 134 cm³/mol. The maximum Gasteiger partial charge on any atom is 0.305 e. The Morgan fingerprint density at radius 1 is 1.06 bits per heavy atom. The van der Waals surface area contributed by atoms with Crippen molar-refractivity contribution in [3.05, 3.63) is 0 Å². The fraction of sp³-hybridized carbons (Fsp3) is 0.933. The Morgan fingerprint density at radius 3 is 2.60 bits per heavy atom. The topological polar surface area (TPSA) is 61.8 Å². The number of carbonyl (C=O) groups is 2. The summed E-state index contributed by atoms with van der Waals surface area (Å²) in [6.45, 7) is 8.24. The van der Waals surface area contributed by atoms with Crippen LogP contribution in [0.4, 0.5) is 0 Å². The van der Waals surface area contributed by atoms with Gasteiger partial charge in [-0.2, -0.15) is 0 Å². The van der Waals surface area contributed by atoms with Crippen molar-refractivity contribution in [1.29, 1.82) is 0 Å². The third kappa shape index (κ3) is 4.62. The van der Waals surface area contributed by atoms with Gasteiger partial charge in [0.15, 0.2) is 6.29 Å². The number of hydrogen-bond acceptors (Lipinski definition) is 5. The Labute approximate surface area is 212 Å². The Balaban J connectivity index is 1.37. The van der Waals surface area contributed by atoms with Gasteiger partial charge in [-0.1, -0.05) is 20.8 Å². The molecule has 0 amide bonds. The van der Waals surface area contributed by atoms with Gasteiger partial charge in [0.25, 0.3) is 0 Å². The summed E-state index contributed by atoms with van der Waals surface area (Å²) in [4.78, 5) is 24.4. The van der Waals surface area contributed by atoms with Crippen LogP contribution in [0.5, 0.6) is 0 Å². The van der Waals surface area contributed by atoms with Crippen molar-refractivity contribution in [2.24, 2.45) is 46.3 Å². The molecular formula is C30H48O5. The van der Waals surface area contributed by atoms with Gasteiger partial charge < -0.3 is 14.2 Å². The van der Waals surface area contributed by atoms with Crippen molar-refractivity contribution < 1.29 is 23.8 Å². The largest absolute Gasteiger partial charge is 0.469 e. The maximum absolute atomic E-state index is 12.6. The summed E-state index contributed by atoms with van der Waals surface area (Å²) in [5.74, 6) is 4.02. The van der Waals surface area contributed by atoms with Crippen LogP contribution < -0.4 is 0 Å². The molecule has 0 unspecified atom stereocenters. The molecule has 5 rings (SSSR count). The van der Waals surface area contributed by atoms with E-state index in [-0.39, 0.29) is 23.8 Å². The van der Waals surface area contributed by atoms with Gasteiger partial charge >= 0.3 is 5.97 Å². The van der Waals surface area contributed by atoms with Gasteiger partial charge in [0.05, 0.1) is 13.2 Å². The van der Waals surface area contributed by atoms with E-state index in [1.165, 1.54) is 39.2 Å². The van der Waals surface area contributed by atoms with Crippen LogP contribution in [0.15, 0.2) is 0 Å². The number of hydrogen-bond donors (Lipinski definition) is 0. The number of rotatable bonds is 6. The lowest BCUT2D eigenvalue weighted by atomic mass is 9.44. The van der Waals surface area contributed by atoms with E-state index in [2.05, 4.69) is 20.8 Å². The van der Waals surface area contributed by atoms with E-state index in [1.54, 1.807) is 0 Å². The Morgan fingerprint density at radius 2 is 1.86 bits per heavy atom. The van der Waals surface area contributed by atoms with Crippen molar-refractivity contribution in [1.82, 2.24) is 0 Å². The summed E-state index contributed by atoms with van der Waals surface area (Å²) < 4.78 is 17.7. The second-order valence-corrected chi connectivity index (χ2v) is 13.3. The molecular weight excluding hydrogens is 440 g/mol. The lowest BCUT2D eigenvalue weighted by Crippen LogP contribution is -2.59. The standard InChI is InChI=1S/C30H48O5/c1-19(8-11-27(32)33-4)22-9-10-23-21-18-26(35-28-7-5-6-16-34-28)25-17-20(31)12-14-30(25,3)24(21)13-15-29(22,23)2/h19,21-26,28H,5-18H2,1-4H3/t19-,21+,22-,23+,24+,25+,26+,28-,29-,30-/m1/s1. The lowest BCUT2D eigenvalue weighted by molar-refractivity contribution is -0.243. The molecule has 4 saturated carbocycles. The van der Waals surface area contributed by atoms with Gasteiger partial charge in [-0.25, -0.2) is 0 Å². The third-order valence-electron chi connectivity index (χ3n) is 11.7. The van der Waals surface area contributed by atoms with Gasteiger partial charge in [0.2, 0.25) is 0 Å². The van der Waals surface area contributed by atoms with Crippen LogP contribution in [-0.2, 0) is 23.8 Å². The van der Waals surface area contributed by atoms with Crippen LogP contribution in [0.25, 0.3) is 0 Å². The average Bonchev–Trinajstić information content (AvgIpc) is 3.21. The molecule has 198 valence electrons. The molecule has 10 atom stereocenters. The van der Waals surface area contributed by atoms with Crippen LogP contribution in [0.2, 0.25) is 0 Å². The van der Waals surface area contributed by atoms with Gasteiger partial charge in [-0.05, 0) is 111 Å². The molecule has 0 aromatic carbocycles. The first kappa shape index (κ1) is 25.7. The zero-order valence-electron chi connectivity index (χ0n) is 22.6. The number of Topliss-reactive ketones (excluding diaryl/α,β-unsaturated/α-hetero) is 1. The first-order valence-electron chi connectivity index (χ1n) is 14.6. The molecule has 5 nitrogen and oxygen atoms in total. The van der Waals surface area contributed by atoms with E-state index in [4.69, 9.17) is 14.2 Å². The van der Waals surface area contributed by atoms with E-state index < -0.39 is 0 Å². The molecule has 4 aliphatic carbocycles. The Kier molecular flexibility index (Phi) is 7.40. The minimum Gasteiger partial charge on any atom is -0.469 e. The molecule has 0 spiro atoms. The first-order chi connectivity index (χ1) is 16.8. The number of methoxy groups -OCH3 is 1. The molecule has 5 fully saturated rings. The predicted octanol–water partition coefficient (Wildman–Crippen LogP) is 6.33. The van der Waals surface area contributed by atoms with Crippen LogP contribution in [0.3, 0.4) is 0 Å². The number of ketones is 1. The van der Waals surface area contributed by atoms with Crippen LogP contribution in [0, 0.1) is 46.3 Å². The molecule has 0 N–H and O–H groups in total. The van der Waals surface area contributed by atoms with E-state index in [0.29, 0.717) is 53.6 Å². The fourth-order valence-electron chi connectivity index (χ4n) is 9.85. The molecule has 0 aromatic heterocycles. The molecule has 5 heteroatoms. The van der Waals surface area contributed by atoms with Crippen LogP contribution in [0.1, 0.15) is 104 Å². The van der Waals surface area contributed by atoms with Crippen molar-refractivity contribution in [2.45, 2.75) is 117 Å². The summed E-state index contributed by atoms with van der Waals surface area (Å²) in [7, 11) is 1.49. The highest BCUT2D eigenvalue weighted by Gasteiger charge is 2.63. The van der Waals surface area contributed by atoms with Gasteiger partial charge in [-0.15, -0.1) is 0 Å². The monoisotopic (exact) mass is 488 g/mol. The summed E-state index contributed by atoms with van der Waals surface area (Å²) >= 11 is 0. The van der Waals surface area contributed by atoms with Crippen molar-refractivity contribution in [3.63, 3.8) is 0 Å².